The Morgan fingerprint density at radius 1 is 1.04 bits per heavy atom. The summed E-state index contributed by atoms with van der Waals surface area (Å²) in [7, 11) is 1.46. The summed E-state index contributed by atoms with van der Waals surface area (Å²) < 4.78 is 5.45. The molecule has 2 fully saturated rings. The number of carboxylic acid groups (broad SMARTS) is 1. The normalized spacial score (nSPS) is 18.0. The smallest absolute Gasteiger partial charge is 0.335 e. The van der Waals surface area contributed by atoms with Crippen LogP contribution in [0.3, 0.4) is 0 Å². The van der Waals surface area contributed by atoms with Crippen molar-refractivity contribution in [3.8, 4) is 5.75 Å². The third kappa shape index (κ3) is 2.62. The Morgan fingerprint density at radius 3 is 1.83 bits per heavy atom. The van der Waals surface area contributed by atoms with Crippen molar-refractivity contribution < 1.29 is 24.2 Å². The quantitative estimate of drug-likeness (QED) is 0.912. The van der Waals surface area contributed by atoms with Gasteiger partial charge in [-0.3, -0.25) is 9.59 Å². The molecule has 0 saturated carbocycles. The lowest BCUT2D eigenvalue weighted by atomic mass is 10.1. The topological polar surface area (TPSA) is 87.2 Å². The number of methoxy groups -OCH3 is 1. The van der Waals surface area contributed by atoms with E-state index < -0.39 is 5.97 Å². The summed E-state index contributed by atoms with van der Waals surface area (Å²) in [5, 5.41) is 9.37. The van der Waals surface area contributed by atoms with Gasteiger partial charge in [-0.15, -0.1) is 0 Å². The molecule has 1 N–H and O–H groups in total. The van der Waals surface area contributed by atoms with Crippen LogP contribution in [0.25, 0.3) is 0 Å². The van der Waals surface area contributed by atoms with E-state index in [2.05, 4.69) is 0 Å². The van der Waals surface area contributed by atoms with E-state index in [4.69, 9.17) is 4.74 Å². The number of nitrogens with zero attached hydrogens (tertiary/aromatic N) is 2. The Labute approximate surface area is 133 Å². The van der Waals surface area contributed by atoms with Gasteiger partial charge in [0.25, 0.3) is 0 Å². The van der Waals surface area contributed by atoms with Crippen molar-refractivity contribution in [2.45, 2.75) is 25.7 Å². The first-order valence-electron chi connectivity index (χ1n) is 7.59. The SMILES string of the molecule is COc1c(N2CCCC2=O)cc(C(=O)O)cc1N1CCCC1=O. The van der Waals surface area contributed by atoms with E-state index in [0.29, 0.717) is 43.1 Å². The Balaban J connectivity index is 2.17. The molecule has 3 rings (SSSR count). The summed E-state index contributed by atoms with van der Waals surface area (Å²) in [5.74, 6) is -0.858. The lowest BCUT2D eigenvalue weighted by Crippen LogP contribution is -2.28. The molecule has 122 valence electrons. The third-order valence-corrected chi connectivity index (χ3v) is 4.23. The molecule has 0 bridgehead atoms. The number of carbonyl (C=O) groups is 3. The van der Waals surface area contributed by atoms with Crippen molar-refractivity contribution in [2.24, 2.45) is 0 Å². The first-order valence-corrected chi connectivity index (χ1v) is 7.59. The van der Waals surface area contributed by atoms with Gasteiger partial charge >= 0.3 is 5.97 Å². The molecule has 1 aromatic carbocycles. The van der Waals surface area contributed by atoms with Crippen LogP contribution in [0.5, 0.6) is 5.75 Å². The number of amides is 2. The number of ether oxygens (including phenoxy) is 1. The number of benzene rings is 1. The second-order valence-electron chi connectivity index (χ2n) is 5.65. The molecule has 7 heteroatoms. The number of aromatic carboxylic acids is 1. The van der Waals surface area contributed by atoms with E-state index in [9.17, 15) is 19.5 Å². The zero-order valence-corrected chi connectivity index (χ0v) is 12.9. The number of hydrogen-bond donors (Lipinski definition) is 1. The van der Waals surface area contributed by atoms with Crippen LogP contribution in [0, 0.1) is 0 Å². The molecule has 7 nitrogen and oxygen atoms in total. The maximum atomic E-state index is 12.1. The van der Waals surface area contributed by atoms with Gasteiger partial charge in [0, 0.05) is 25.9 Å². The molecular formula is C16H18N2O5. The van der Waals surface area contributed by atoms with Gasteiger partial charge in [-0.25, -0.2) is 4.79 Å². The van der Waals surface area contributed by atoms with E-state index in [0.717, 1.165) is 12.8 Å². The minimum absolute atomic E-state index is 0.0372. The van der Waals surface area contributed by atoms with Gasteiger partial charge in [0.2, 0.25) is 11.8 Å². The van der Waals surface area contributed by atoms with Crippen molar-refractivity contribution in [1.82, 2.24) is 0 Å². The maximum Gasteiger partial charge on any atom is 0.335 e. The molecule has 2 heterocycles. The Hall–Kier alpha value is -2.57. The lowest BCUT2D eigenvalue weighted by Gasteiger charge is -2.25. The highest BCUT2D eigenvalue weighted by molar-refractivity contribution is 6.04. The summed E-state index contributed by atoms with van der Waals surface area (Å²) in [6.07, 6.45) is 2.30. The lowest BCUT2D eigenvalue weighted by molar-refractivity contribution is -0.117. The Morgan fingerprint density at radius 2 is 1.52 bits per heavy atom. The highest BCUT2D eigenvalue weighted by atomic mass is 16.5. The monoisotopic (exact) mass is 318 g/mol. The molecule has 2 aliphatic heterocycles. The minimum atomic E-state index is -1.10. The van der Waals surface area contributed by atoms with Crippen LogP contribution in [-0.4, -0.2) is 43.1 Å². The molecule has 0 unspecified atom stereocenters. The molecule has 2 aliphatic rings. The Kier molecular flexibility index (Phi) is 3.94. The van der Waals surface area contributed by atoms with Crippen LogP contribution in [0.1, 0.15) is 36.0 Å². The molecule has 0 aliphatic carbocycles. The number of carboxylic acids is 1. The molecule has 0 radical (unpaired) electrons. The van der Waals surface area contributed by atoms with Gasteiger partial charge in [0.05, 0.1) is 24.0 Å². The standard InChI is InChI=1S/C16H18N2O5/c1-23-15-11(17-6-2-4-13(17)19)8-10(16(21)22)9-12(15)18-7-3-5-14(18)20/h8-9H,2-7H2,1H3,(H,21,22). The second-order valence-corrected chi connectivity index (χ2v) is 5.65. The molecule has 23 heavy (non-hydrogen) atoms. The van der Waals surface area contributed by atoms with Crippen LogP contribution < -0.4 is 14.5 Å². The van der Waals surface area contributed by atoms with Crippen LogP contribution in [-0.2, 0) is 9.59 Å². The summed E-state index contributed by atoms with van der Waals surface area (Å²) in [5.41, 5.74) is 0.879. The fourth-order valence-corrected chi connectivity index (χ4v) is 3.14. The molecule has 0 aromatic heterocycles. The largest absolute Gasteiger partial charge is 0.492 e. The van der Waals surface area contributed by atoms with E-state index in [1.54, 1.807) is 0 Å². The molecule has 0 atom stereocenters. The van der Waals surface area contributed by atoms with Gasteiger partial charge in [0.1, 0.15) is 0 Å². The predicted molar refractivity (Wildman–Crippen MR) is 83.1 cm³/mol. The van der Waals surface area contributed by atoms with Gasteiger partial charge in [-0.05, 0) is 25.0 Å². The molecule has 1 aromatic rings. The summed E-state index contributed by atoms with van der Waals surface area (Å²) in [6.45, 7) is 1.04. The molecule has 2 amide bonds. The average molecular weight is 318 g/mol. The molecule has 0 spiro atoms. The van der Waals surface area contributed by atoms with Crippen LogP contribution >= 0.6 is 0 Å². The second kappa shape index (κ2) is 5.91. The predicted octanol–water partition coefficient (Wildman–Crippen LogP) is 1.65. The summed E-state index contributed by atoms with van der Waals surface area (Å²) in [6, 6.07) is 2.88. The van der Waals surface area contributed by atoms with E-state index >= 15 is 0 Å². The van der Waals surface area contributed by atoms with Crippen molar-refractivity contribution in [3.63, 3.8) is 0 Å². The number of hydrogen-bond acceptors (Lipinski definition) is 4. The highest BCUT2D eigenvalue weighted by Crippen LogP contribution is 2.42. The van der Waals surface area contributed by atoms with Crippen LogP contribution in [0.15, 0.2) is 12.1 Å². The fraction of sp³-hybridized carbons (Fsp3) is 0.438. The summed E-state index contributed by atoms with van der Waals surface area (Å²) in [4.78, 5) is 38.7. The maximum absolute atomic E-state index is 12.1. The highest BCUT2D eigenvalue weighted by Gasteiger charge is 2.31. The first kappa shape index (κ1) is 15.3. The van der Waals surface area contributed by atoms with Crippen LogP contribution in [0.4, 0.5) is 11.4 Å². The first-order chi connectivity index (χ1) is 11.0. The minimum Gasteiger partial charge on any atom is -0.492 e. The van der Waals surface area contributed by atoms with Crippen molar-refractivity contribution in [3.05, 3.63) is 17.7 Å². The number of anilines is 2. The van der Waals surface area contributed by atoms with Crippen LogP contribution in [0.2, 0.25) is 0 Å². The summed E-state index contributed by atoms with van der Waals surface area (Å²) >= 11 is 0. The van der Waals surface area contributed by atoms with E-state index in [1.807, 2.05) is 0 Å². The van der Waals surface area contributed by atoms with Gasteiger partial charge < -0.3 is 19.6 Å². The zero-order chi connectivity index (χ0) is 16.6. The van der Waals surface area contributed by atoms with Crippen molar-refractivity contribution in [2.75, 3.05) is 30.0 Å². The third-order valence-electron chi connectivity index (χ3n) is 4.23. The fourth-order valence-electron chi connectivity index (χ4n) is 3.14. The van der Waals surface area contributed by atoms with Crippen molar-refractivity contribution in [1.29, 1.82) is 0 Å². The zero-order valence-electron chi connectivity index (χ0n) is 12.9. The van der Waals surface area contributed by atoms with E-state index in [1.165, 1.54) is 29.0 Å². The van der Waals surface area contributed by atoms with Gasteiger partial charge in [-0.2, -0.15) is 0 Å². The van der Waals surface area contributed by atoms with Gasteiger partial charge in [0.15, 0.2) is 5.75 Å². The number of carbonyl (C=O) groups excluding carboxylic acids is 2. The molecular weight excluding hydrogens is 300 g/mol. The van der Waals surface area contributed by atoms with E-state index in [-0.39, 0.29) is 17.4 Å². The average Bonchev–Trinajstić information content (AvgIpc) is 3.14. The number of rotatable bonds is 4. The Bertz CT molecular complexity index is 638. The molecule has 2 saturated heterocycles. The van der Waals surface area contributed by atoms with Crippen molar-refractivity contribution >= 4 is 29.2 Å². The van der Waals surface area contributed by atoms with Gasteiger partial charge in [-0.1, -0.05) is 0 Å².